The number of H-pyrrole nitrogens is 1. The number of nitrogens with zero attached hydrogens (tertiary/aromatic N) is 4. The van der Waals surface area contributed by atoms with Gasteiger partial charge in [-0.3, -0.25) is 24.1 Å². The smallest absolute Gasteiger partial charge is 0.410 e. The van der Waals surface area contributed by atoms with E-state index in [0.29, 0.717) is 24.9 Å². The normalized spacial score (nSPS) is 18.2. The number of amides is 5. The molecule has 1 aliphatic rings. The first-order valence-electron chi connectivity index (χ1n) is 24.2. The fraction of sp³-hybridized carbons (Fsp3) is 0.647. The van der Waals surface area contributed by atoms with E-state index in [1.54, 1.807) is 37.8 Å². The first kappa shape index (κ1) is 57.2. The van der Waals surface area contributed by atoms with Crippen LogP contribution in [0.4, 0.5) is 4.79 Å². The molecule has 18 heteroatoms. The first-order valence-corrected chi connectivity index (χ1v) is 26.4. The summed E-state index contributed by atoms with van der Waals surface area (Å²) in [6.07, 6.45) is -0.907. The maximum atomic E-state index is 14.7. The topological polar surface area (TPSA) is 196 Å². The summed E-state index contributed by atoms with van der Waals surface area (Å²) >= 11 is 0. The van der Waals surface area contributed by atoms with Gasteiger partial charge in [0.2, 0.25) is 23.6 Å². The number of likely N-dealkylation sites (N-methyl/N-ethyl adjacent to an activating group) is 2. The van der Waals surface area contributed by atoms with Crippen LogP contribution in [0.5, 0.6) is 0 Å². The molecule has 4 N–H and O–H groups in total. The number of likely N-dealkylation sites (tertiary alicyclic amines) is 1. The number of benzene rings is 2. The molecule has 0 aliphatic carbocycles. The highest BCUT2D eigenvalue weighted by Crippen LogP contribution is 2.40. The number of aromatic nitrogens is 2. The second-order valence-corrected chi connectivity index (χ2v) is 22.6. The van der Waals surface area contributed by atoms with E-state index in [1.807, 2.05) is 110 Å². The zero-order valence-electron chi connectivity index (χ0n) is 43.2. The molecule has 10 atom stereocenters. The molecule has 1 aliphatic heterocycles. The maximum Gasteiger partial charge on any atom is 0.410 e. The Kier molecular flexibility index (Phi) is 21.7. The summed E-state index contributed by atoms with van der Waals surface area (Å²) in [4.78, 5) is 83.0. The van der Waals surface area contributed by atoms with Crippen LogP contribution in [0.15, 0.2) is 59.8 Å². The second-order valence-electron chi connectivity index (χ2n) is 19.8. The molecule has 16 nitrogen and oxygen atoms in total. The van der Waals surface area contributed by atoms with Crippen LogP contribution in [0.25, 0.3) is 11.0 Å². The Labute approximate surface area is 417 Å². The Morgan fingerprint density at radius 1 is 0.899 bits per heavy atom. The molecule has 0 unspecified atom stereocenters. The highest BCUT2D eigenvalue weighted by molar-refractivity contribution is 8.77. The van der Waals surface area contributed by atoms with Crippen molar-refractivity contribution in [3.63, 3.8) is 0 Å². The van der Waals surface area contributed by atoms with E-state index in [1.165, 1.54) is 40.6 Å². The summed E-state index contributed by atoms with van der Waals surface area (Å²) in [6.45, 7) is 19.4. The molecule has 4 rings (SSSR count). The lowest BCUT2D eigenvalue weighted by Gasteiger charge is -2.41. The minimum Gasteiger partial charge on any atom is -0.448 e. The van der Waals surface area contributed by atoms with Gasteiger partial charge < -0.3 is 44.7 Å². The van der Waals surface area contributed by atoms with Gasteiger partial charge in [-0.05, 0) is 79.9 Å². The molecule has 3 aromatic rings. The van der Waals surface area contributed by atoms with Gasteiger partial charge in [0.25, 0.3) is 0 Å². The van der Waals surface area contributed by atoms with Crippen molar-refractivity contribution in [3.05, 3.63) is 60.2 Å². The molecule has 1 aromatic heterocycles. The van der Waals surface area contributed by atoms with Crippen LogP contribution in [-0.4, -0.2) is 148 Å². The number of hydrogen-bond acceptors (Lipinski definition) is 12. The molecule has 69 heavy (non-hydrogen) atoms. The molecule has 0 spiro atoms. The zero-order valence-corrected chi connectivity index (χ0v) is 44.8. The van der Waals surface area contributed by atoms with E-state index in [4.69, 9.17) is 14.2 Å². The Balaban J connectivity index is 1.42. The zero-order chi connectivity index (χ0) is 51.3. The molecular weight excluding hydrogens is 919 g/mol. The minimum atomic E-state index is -0.965. The Morgan fingerprint density at radius 2 is 1.55 bits per heavy atom. The summed E-state index contributed by atoms with van der Waals surface area (Å²) in [5.74, 6) is -2.74. The third kappa shape index (κ3) is 15.1. The van der Waals surface area contributed by atoms with Gasteiger partial charge in [-0.25, -0.2) is 9.78 Å². The summed E-state index contributed by atoms with van der Waals surface area (Å²) in [5, 5.41) is 17.6. The number of rotatable bonds is 25. The number of fused-ring (bicyclic) bond motifs is 1. The van der Waals surface area contributed by atoms with E-state index >= 15 is 0 Å². The van der Waals surface area contributed by atoms with Gasteiger partial charge in [-0.2, -0.15) is 0 Å². The van der Waals surface area contributed by atoms with Crippen molar-refractivity contribution in [1.82, 2.24) is 35.3 Å². The molecule has 5 amide bonds. The average molecular weight is 998 g/mol. The highest BCUT2D eigenvalue weighted by Gasteiger charge is 2.44. The van der Waals surface area contributed by atoms with Gasteiger partial charge in [0.05, 0.1) is 64.6 Å². The summed E-state index contributed by atoms with van der Waals surface area (Å²) in [6, 6.07) is 13.5. The van der Waals surface area contributed by atoms with Gasteiger partial charge in [0.15, 0.2) is 5.16 Å². The van der Waals surface area contributed by atoms with Crippen LogP contribution in [0.1, 0.15) is 107 Å². The lowest BCUT2D eigenvalue weighted by atomic mass is 9.89. The van der Waals surface area contributed by atoms with E-state index in [0.717, 1.165) is 22.6 Å². The van der Waals surface area contributed by atoms with Crippen LogP contribution < -0.4 is 10.6 Å². The van der Waals surface area contributed by atoms with Crippen LogP contribution in [0.3, 0.4) is 0 Å². The number of aliphatic hydroxyl groups is 1. The van der Waals surface area contributed by atoms with Crippen LogP contribution in [0, 0.1) is 23.7 Å². The number of carbonyl (C=O) groups is 5. The molecule has 384 valence electrons. The maximum absolute atomic E-state index is 14.7. The SMILES string of the molecule is CC[C@H](C)[C@@H]([C@@H](CC(=O)N1CCC[C@H]1[C@H](OC)[C@@H](C)C(=O)N[C@H](C)[C@@H](O)c1ccccc1)OC)N(C)C(=O)[C@@H](NC(=O)[C@H](C(C)C)N(C)C(=O)OCC(C)(C)SSc1nc2ccccc2[nH]1)C(C)C. The number of ether oxygens (including phenoxy) is 3. The summed E-state index contributed by atoms with van der Waals surface area (Å²) in [5.41, 5.74) is 2.50. The van der Waals surface area contributed by atoms with Gasteiger partial charge in [0, 0.05) is 34.9 Å². The number of imidazole rings is 1. The molecule has 0 saturated carbocycles. The number of hydrogen-bond donors (Lipinski definition) is 4. The number of nitrogens with one attached hydrogen (secondary N) is 3. The first-order chi connectivity index (χ1) is 32.6. The molecule has 0 bridgehead atoms. The predicted octanol–water partition coefficient (Wildman–Crippen LogP) is 7.47. The van der Waals surface area contributed by atoms with E-state index in [9.17, 15) is 29.1 Å². The monoisotopic (exact) mass is 998 g/mol. The molecule has 1 saturated heterocycles. The second kappa shape index (κ2) is 26.2. The van der Waals surface area contributed by atoms with Gasteiger partial charge in [-0.15, -0.1) is 0 Å². The number of aromatic amines is 1. The van der Waals surface area contributed by atoms with Gasteiger partial charge in [0.1, 0.15) is 18.7 Å². The Hall–Kier alpha value is -4.36. The van der Waals surface area contributed by atoms with Crippen molar-refractivity contribution in [3.8, 4) is 0 Å². The standard InChI is InChI=1S/C51H79N7O9S2/c1-15-32(6)43(39(65-13)28-40(59)58-27-21-26-38(58)45(66-14)33(7)46(61)52-34(8)44(60)35-22-17-16-18-23-35)56(11)48(63)41(30(2)3)55-47(62)42(31(4)5)57(12)50(64)67-29-51(9,10)69-68-49-53-36-24-19-20-25-37(36)54-49/h16-20,22-25,30-34,38-39,41-45,60H,15,21,26-29H2,1-14H3,(H,52,61)(H,53,54)(H,55,62)/t32-,33+,34+,38-,39+,41-,42-,43-,44+,45+/m0/s1. The lowest BCUT2D eigenvalue weighted by molar-refractivity contribution is -0.148. The number of methoxy groups -OCH3 is 2. The molecule has 2 aromatic carbocycles. The van der Waals surface area contributed by atoms with E-state index < -0.39 is 65.1 Å². The van der Waals surface area contributed by atoms with Crippen LogP contribution in [-0.2, 0) is 33.4 Å². The Bertz CT molecular complexity index is 2110. The predicted molar refractivity (Wildman–Crippen MR) is 273 cm³/mol. The highest BCUT2D eigenvalue weighted by atomic mass is 33.1. The van der Waals surface area contributed by atoms with Crippen molar-refractivity contribution in [1.29, 1.82) is 0 Å². The van der Waals surface area contributed by atoms with Crippen molar-refractivity contribution in [2.24, 2.45) is 23.7 Å². The van der Waals surface area contributed by atoms with Gasteiger partial charge in [-0.1, -0.05) is 108 Å². The largest absolute Gasteiger partial charge is 0.448 e. The molecule has 2 heterocycles. The van der Waals surface area contributed by atoms with Crippen LogP contribution >= 0.6 is 21.6 Å². The number of aliphatic hydroxyl groups excluding tert-OH is 1. The van der Waals surface area contributed by atoms with Crippen molar-refractivity contribution >= 4 is 62.3 Å². The minimum absolute atomic E-state index is 0.0358. The lowest BCUT2D eigenvalue weighted by Crippen LogP contribution is -2.60. The molecular formula is C51H79N7O9S2. The summed E-state index contributed by atoms with van der Waals surface area (Å²) in [7, 11) is 9.26. The summed E-state index contributed by atoms with van der Waals surface area (Å²) < 4.78 is 17.3. The van der Waals surface area contributed by atoms with E-state index in [2.05, 4.69) is 20.6 Å². The quantitative estimate of drug-likeness (QED) is 0.0613. The van der Waals surface area contributed by atoms with Crippen molar-refractivity contribution in [2.45, 2.75) is 153 Å². The average Bonchev–Trinajstić information content (AvgIpc) is 3.99. The number of para-hydroxylation sites is 2. The fourth-order valence-corrected chi connectivity index (χ4v) is 11.2. The van der Waals surface area contributed by atoms with Crippen LogP contribution in [0.2, 0.25) is 0 Å². The van der Waals surface area contributed by atoms with Crippen molar-refractivity contribution in [2.75, 3.05) is 41.5 Å². The number of carbonyl (C=O) groups excluding carboxylic acids is 5. The molecule has 0 radical (unpaired) electrons. The Morgan fingerprint density at radius 3 is 2.14 bits per heavy atom. The third-order valence-corrected chi connectivity index (χ3v) is 16.4. The fourth-order valence-electron chi connectivity index (χ4n) is 9.17. The third-order valence-electron chi connectivity index (χ3n) is 13.3. The van der Waals surface area contributed by atoms with Gasteiger partial charge >= 0.3 is 6.09 Å². The molecule has 1 fully saturated rings. The van der Waals surface area contributed by atoms with E-state index in [-0.39, 0.29) is 54.5 Å². The van der Waals surface area contributed by atoms with Crippen molar-refractivity contribution < 1.29 is 43.3 Å².